The summed E-state index contributed by atoms with van der Waals surface area (Å²) in [4.78, 5) is 2.39. The predicted molar refractivity (Wildman–Crippen MR) is 257 cm³/mol. The molecule has 3 heteroatoms. The molecule has 3 nitrogen and oxygen atoms in total. The summed E-state index contributed by atoms with van der Waals surface area (Å²) in [6.45, 7) is 0. The first-order valence-electron chi connectivity index (χ1n) is 20.8. The Morgan fingerprint density at radius 1 is 0.328 bits per heavy atom. The lowest BCUT2D eigenvalue weighted by molar-refractivity contribution is 0.674. The monoisotopic (exact) mass is 778 g/mol. The minimum Gasteiger partial charge on any atom is -0.455 e. The minimum absolute atomic E-state index is 0.887. The number of hydrogen-bond donors (Lipinski definition) is 0. The second kappa shape index (κ2) is 14.3. The highest BCUT2D eigenvalue weighted by molar-refractivity contribution is 6.17. The van der Waals surface area contributed by atoms with E-state index in [0.29, 0.717) is 0 Å². The van der Waals surface area contributed by atoms with Gasteiger partial charge in [-0.25, -0.2) is 0 Å². The summed E-state index contributed by atoms with van der Waals surface area (Å²) in [5.41, 5.74) is 15.3. The van der Waals surface area contributed by atoms with Gasteiger partial charge in [0.25, 0.3) is 0 Å². The van der Waals surface area contributed by atoms with Gasteiger partial charge in [-0.3, -0.25) is 0 Å². The van der Waals surface area contributed by atoms with Gasteiger partial charge in [0.2, 0.25) is 0 Å². The molecule has 286 valence electrons. The number of furan rings is 1. The zero-order valence-corrected chi connectivity index (χ0v) is 33.2. The van der Waals surface area contributed by atoms with Crippen LogP contribution in [0.5, 0.6) is 0 Å². The summed E-state index contributed by atoms with van der Waals surface area (Å²) in [5, 5.41) is 7.04. The highest BCUT2D eigenvalue weighted by Gasteiger charge is 2.22. The van der Waals surface area contributed by atoms with Crippen molar-refractivity contribution in [2.45, 2.75) is 0 Å². The number of anilines is 3. The van der Waals surface area contributed by atoms with Crippen LogP contribution >= 0.6 is 0 Å². The fourth-order valence-electron chi connectivity index (χ4n) is 9.35. The van der Waals surface area contributed by atoms with E-state index in [2.05, 4.69) is 240 Å². The summed E-state index contributed by atoms with van der Waals surface area (Å²) >= 11 is 0. The summed E-state index contributed by atoms with van der Waals surface area (Å²) in [6, 6.07) is 82.8. The standard InChI is InChI=1S/C58H38N2O/c1-2-15-39(16-3-1)42-18-12-20-45(37-42)59(54-28-9-8-25-50(54)51-26-14-27-52-53-36-33-41-17-4-5-22-47(41)57(53)61-58(51)52)44-34-31-40(32-35-44)43-19-13-21-46(38-43)60-55-29-10-6-23-48(55)49-24-7-11-30-56(49)60/h1-38H. The molecule has 12 rings (SSSR count). The van der Waals surface area contributed by atoms with Crippen LogP contribution in [-0.2, 0) is 0 Å². The van der Waals surface area contributed by atoms with Crippen LogP contribution < -0.4 is 4.90 Å². The van der Waals surface area contributed by atoms with Gasteiger partial charge in [0.1, 0.15) is 11.2 Å². The normalized spacial score (nSPS) is 11.6. The lowest BCUT2D eigenvalue weighted by Gasteiger charge is -2.28. The van der Waals surface area contributed by atoms with E-state index in [9.17, 15) is 0 Å². The van der Waals surface area contributed by atoms with Crippen molar-refractivity contribution >= 4 is 71.6 Å². The van der Waals surface area contributed by atoms with Gasteiger partial charge in [-0.2, -0.15) is 0 Å². The average Bonchev–Trinajstić information content (AvgIpc) is 3.89. The molecule has 0 bridgehead atoms. The second-order valence-corrected chi connectivity index (χ2v) is 15.7. The first kappa shape index (κ1) is 34.9. The molecule has 0 saturated carbocycles. The van der Waals surface area contributed by atoms with Gasteiger partial charge < -0.3 is 13.9 Å². The van der Waals surface area contributed by atoms with Crippen molar-refractivity contribution in [2.75, 3.05) is 4.90 Å². The maximum Gasteiger partial charge on any atom is 0.143 e. The van der Waals surface area contributed by atoms with Gasteiger partial charge in [0.15, 0.2) is 0 Å². The lowest BCUT2D eigenvalue weighted by Crippen LogP contribution is -2.11. The third-order valence-electron chi connectivity index (χ3n) is 12.2. The van der Waals surface area contributed by atoms with Crippen LogP contribution in [-0.4, -0.2) is 4.57 Å². The molecule has 0 radical (unpaired) electrons. The van der Waals surface area contributed by atoms with Gasteiger partial charge in [-0.1, -0.05) is 170 Å². The van der Waals surface area contributed by atoms with Gasteiger partial charge >= 0.3 is 0 Å². The topological polar surface area (TPSA) is 21.3 Å². The van der Waals surface area contributed by atoms with E-state index in [-0.39, 0.29) is 0 Å². The minimum atomic E-state index is 0.887. The molecule has 12 aromatic rings. The van der Waals surface area contributed by atoms with Crippen molar-refractivity contribution in [3.8, 4) is 39.1 Å². The van der Waals surface area contributed by atoms with E-state index in [1.165, 1.54) is 32.8 Å². The van der Waals surface area contributed by atoms with Crippen molar-refractivity contribution in [1.29, 1.82) is 0 Å². The Labute approximate surface area is 353 Å². The molecule has 0 atom stereocenters. The van der Waals surface area contributed by atoms with Crippen molar-refractivity contribution in [2.24, 2.45) is 0 Å². The van der Waals surface area contributed by atoms with Crippen LogP contribution in [0.3, 0.4) is 0 Å². The molecule has 61 heavy (non-hydrogen) atoms. The number of benzene rings is 10. The average molecular weight is 779 g/mol. The first-order valence-corrected chi connectivity index (χ1v) is 20.8. The molecule has 0 N–H and O–H groups in total. The molecule has 0 fully saturated rings. The molecule has 2 heterocycles. The number of para-hydroxylation sites is 4. The van der Waals surface area contributed by atoms with Gasteiger partial charge in [-0.05, 0) is 88.3 Å². The molecular formula is C58H38N2O. The molecule has 0 spiro atoms. The van der Waals surface area contributed by atoms with E-state index in [4.69, 9.17) is 4.42 Å². The Kier molecular flexibility index (Phi) is 8.17. The molecule has 0 saturated heterocycles. The number of nitrogens with zero attached hydrogens (tertiary/aromatic N) is 2. The second-order valence-electron chi connectivity index (χ2n) is 15.7. The van der Waals surface area contributed by atoms with E-state index in [1.807, 2.05) is 0 Å². The number of hydrogen-bond acceptors (Lipinski definition) is 2. The number of aromatic nitrogens is 1. The largest absolute Gasteiger partial charge is 0.455 e. The summed E-state index contributed by atoms with van der Waals surface area (Å²) in [6.07, 6.45) is 0. The molecule has 2 aromatic heterocycles. The molecule has 0 amide bonds. The van der Waals surface area contributed by atoms with E-state index in [0.717, 1.165) is 77.9 Å². The van der Waals surface area contributed by atoms with E-state index >= 15 is 0 Å². The van der Waals surface area contributed by atoms with Gasteiger partial charge in [0.05, 0.1) is 16.7 Å². The lowest BCUT2D eigenvalue weighted by atomic mass is 9.98. The Morgan fingerprint density at radius 3 is 1.70 bits per heavy atom. The Morgan fingerprint density at radius 2 is 0.902 bits per heavy atom. The Hall–Kier alpha value is -8.14. The van der Waals surface area contributed by atoms with Crippen molar-refractivity contribution in [3.63, 3.8) is 0 Å². The van der Waals surface area contributed by atoms with E-state index in [1.54, 1.807) is 0 Å². The summed E-state index contributed by atoms with van der Waals surface area (Å²) in [7, 11) is 0. The van der Waals surface area contributed by atoms with Gasteiger partial charge in [0, 0.05) is 55.1 Å². The van der Waals surface area contributed by atoms with Crippen LogP contribution in [0.2, 0.25) is 0 Å². The first-order chi connectivity index (χ1) is 30.3. The van der Waals surface area contributed by atoms with Crippen molar-refractivity contribution in [1.82, 2.24) is 4.57 Å². The quantitative estimate of drug-likeness (QED) is 0.161. The predicted octanol–water partition coefficient (Wildman–Crippen LogP) is 16.3. The zero-order chi connectivity index (χ0) is 40.3. The maximum atomic E-state index is 6.90. The SMILES string of the molecule is c1ccc(-c2cccc(N(c3ccc(-c4cccc(-n5c6ccccc6c6ccccc65)c4)cc3)c3ccccc3-c3cccc4c3oc3c5ccccc5ccc43)c2)cc1. The molecule has 0 aliphatic rings. The van der Waals surface area contributed by atoms with Crippen LogP contribution in [0, 0.1) is 0 Å². The highest BCUT2D eigenvalue weighted by atomic mass is 16.3. The molecule has 0 aliphatic heterocycles. The van der Waals surface area contributed by atoms with E-state index < -0.39 is 0 Å². The highest BCUT2D eigenvalue weighted by Crippen LogP contribution is 2.46. The van der Waals surface area contributed by atoms with Crippen LogP contribution in [0.4, 0.5) is 17.1 Å². The third kappa shape index (κ3) is 5.82. The zero-order valence-electron chi connectivity index (χ0n) is 33.2. The molecular weight excluding hydrogens is 741 g/mol. The van der Waals surface area contributed by atoms with Crippen LogP contribution in [0.1, 0.15) is 0 Å². The molecule has 10 aromatic carbocycles. The van der Waals surface area contributed by atoms with Crippen molar-refractivity contribution < 1.29 is 4.42 Å². The van der Waals surface area contributed by atoms with Gasteiger partial charge in [-0.15, -0.1) is 0 Å². The molecule has 0 unspecified atom stereocenters. The molecule has 0 aliphatic carbocycles. The Bertz CT molecular complexity index is 3540. The summed E-state index contributed by atoms with van der Waals surface area (Å²) < 4.78 is 9.28. The fraction of sp³-hybridized carbons (Fsp3) is 0. The smallest absolute Gasteiger partial charge is 0.143 e. The van der Waals surface area contributed by atoms with Crippen LogP contribution in [0.25, 0.3) is 93.6 Å². The Balaban J connectivity index is 1.01. The summed E-state index contributed by atoms with van der Waals surface area (Å²) in [5.74, 6) is 0. The van der Waals surface area contributed by atoms with Crippen molar-refractivity contribution in [3.05, 3.63) is 231 Å². The number of fused-ring (bicyclic) bond motifs is 8. The maximum absolute atomic E-state index is 6.90. The number of rotatable bonds is 7. The third-order valence-corrected chi connectivity index (χ3v) is 12.2. The van der Waals surface area contributed by atoms with Crippen LogP contribution in [0.15, 0.2) is 235 Å². The fourth-order valence-corrected chi connectivity index (χ4v) is 9.35.